The number of nitriles is 1. The number of halogens is 1. The SMILES string of the molecule is Cc1ccc(C(=O)N[C@H]2CC[C@H](N(C)c3ccc(C#N)c(Cl)c3)CC2)cn1. The number of hydrogen-bond acceptors (Lipinski definition) is 4. The van der Waals surface area contributed by atoms with Crippen molar-refractivity contribution in [1.82, 2.24) is 10.3 Å². The highest BCUT2D eigenvalue weighted by molar-refractivity contribution is 6.32. The summed E-state index contributed by atoms with van der Waals surface area (Å²) < 4.78 is 0. The lowest BCUT2D eigenvalue weighted by Gasteiger charge is -2.36. The standard InChI is InChI=1S/C21H23ClN4O/c1-14-3-4-16(13-24-14)21(27)25-17-6-9-18(10-7-17)26(2)19-8-5-15(12-23)20(22)11-19/h3-5,8,11,13,17-18H,6-7,9-10H2,1-2H3,(H,25,27)/t17-,18-. The molecule has 5 nitrogen and oxygen atoms in total. The number of carbonyl (C=O) groups excluding carboxylic acids is 1. The Bertz CT molecular complexity index is 851. The number of hydrogen-bond donors (Lipinski definition) is 1. The molecule has 1 aromatic heterocycles. The summed E-state index contributed by atoms with van der Waals surface area (Å²) in [6.07, 6.45) is 5.48. The van der Waals surface area contributed by atoms with Crippen LogP contribution in [0.5, 0.6) is 0 Å². The van der Waals surface area contributed by atoms with Crippen molar-refractivity contribution in [2.75, 3.05) is 11.9 Å². The summed E-state index contributed by atoms with van der Waals surface area (Å²) in [7, 11) is 2.05. The molecule has 0 unspecified atom stereocenters. The van der Waals surface area contributed by atoms with Gasteiger partial charge in [0.1, 0.15) is 6.07 Å². The molecule has 1 aromatic carbocycles. The number of aryl methyl sites for hydroxylation is 1. The zero-order valence-corrected chi connectivity index (χ0v) is 16.3. The number of aromatic nitrogens is 1. The number of benzene rings is 1. The normalized spacial score (nSPS) is 19.2. The predicted molar refractivity (Wildman–Crippen MR) is 107 cm³/mol. The van der Waals surface area contributed by atoms with Gasteiger partial charge in [-0.15, -0.1) is 0 Å². The summed E-state index contributed by atoms with van der Waals surface area (Å²) in [5, 5.41) is 12.6. The molecule has 1 N–H and O–H groups in total. The fourth-order valence-electron chi connectivity index (χ4n) is 3.50. The highest BCUT2D eigenvalue weighted by atomic mass is 35.5. The van der Waals surface area contributed by atoms with Crippen molar-refractivity contribution in [3.63, 3.8) is 0 Å². The van der Waals surface area contributed by atoms with E-state index < -0.39 is 0 Å². The molecule has 0 bridgehead atoms. The van der Waals surface area contributed by atoms with Crippen molar-refractivity contribution in [3.05, 3.63) is 58.4 Å². The molecule has 1 saturated carbocycles. The second kappa shape index (κ2) is 8.41. The molecule has 1 amide bonds. The summed E-state index contributed by atoms with van der Waals surface area (Å²) in [6, 6.07) is 11.9. The number of rotatable bonds is 4. The monoisotopic (exact) mass is 382 g/mol. The Labute approximate surface area is 165 Å². The topological polar surface area (TPSA) is 69.0 Å². The van der Waals surface area contributed by atoms with E-state index >= 15 is 0 Å². The van der Waals surface area contributed by atoms with Crippen LogP contribution in [0.25, 0.3) is 0 Å². The molecule has 0 saturated heterocycles. The van der Waals surface area contributed by atoms with Gasteiger partial charge < -0.3 is 10.2 Å². The van der Waals surface area contributed by atoms with Gasteiger partial charge in [-0.3, -0.25) is 9.78 Å². The molecule has 6 heteroatoms. The Morgan fingerprint density at radius 3 is 2.59 bits per heavy atom. The Balaban J connectivity index is 1.55. The van der Waals surface area contributed by atoms with Gasteiger partial charge >= 0.3 is 0 Å². The maximum atomic E-state index is 12.4. The van der Waals surface area contributed by atoms with E-state index in [1.165, 1.54) is 0 Å². The van der Waals surface area contributed by atoms with Gasteiger partial charge in [0, 0.05) is 36.7 Å². The van der Waals surface area contributed by atoms with Crippen LogP contribution in [0.3, 0.4) is 0 Å². The lowest BCUT2D eigenvalue weighted by molar-refractivity contribution is 0.0925. The van der Waals surface area contributed by atoms with E-state index in [1.54, 1.807) is 12.3 Å². The van der Waals surface area contributed by atoms with E-state index in [2.05, 4.69) is 28.3 Å². The predicted octanol–water partition coefficient (Wildman–Crippen LogP) is 4.09. The van der Waals surface area contributed by atoms with Crippen molar-refractivity contribution in [3.8, 4) is 6.07 Å². The molecular formula is C21H23ClN4O. The summed E-state index contributed by atoms with van der Waals surface area (Å²) >= 11 is 6.16. The molecule has 1 aliphatic carbocycles. The maximum Gasteiger partial charge on any atom is 0.253 e. The van der Waals surface area contributed by atoms with Crippen LogP contribution < -0.4 is 10.2 Å². The van der Waals surface area contributed by atoms with Crippen LogP contribution in [0.15, 0.2) is 36.5 Å². The molecule has 1 fully saturated rings. The van der Waals surface area contributed by atoms with Crippen molar-refractivity contribution < 1.29 is 4.79 Å². The average Bonchev–Trinajstić information content (AvgIpc) is 2.68. The zero-order chi connectivity index (χ0) is 19.4. The van der Waals surface area contributed by atoms with E-state index in [0.717, 1.165) is 37.1 Å². The van der Waals surface area contributed by atoms with Crippen LogP contribution in [0.4, 0.5) is 5.69 Å². The third kappa shape index (κ3) is 4.58. The number of nitrogens with zero attached hydrogens (tertiary/aromatic N) is 3. The van der Waals surface area contributed by atoms with Crippen LogP contribution in [0.2, 0.25) is 5.02 Å². The van der Waals surface area contributed by atoms with Crippen LogP contribution in [0, 0.1) is 18.3 Å². The molecule has 1 aliphatic rings. The van der Waals surface area contributed by atoms with Gasteiger partial charge in [-0.25, -0.2) is 0 Å². The number of anilines is 1. The summed E-state index contributed by atoms with van der Waals surface area (Å²) in [4.78, 5) is 18.8. The second-order valence-corrected chi connectivity index (χ2v) is 7.46. The van der Waals surface area contributed by atoms with Gasteiger partial charge in [0.2, 0.25) is 0 Å². The van der Waals surface area contributed by atoms with Crippen molar-refractivity contribution in [2.45, 2.75) is 44.7 Å². The minimum Gasteiger partial charge on any atom is -0.372 e. The molecule has 27 heavy (non-hydrogen) atoms. The summed E-state index contributed by atoms with van der Waals surface area (Å²) in [5.74, 6) is -0.0572. The molecule has 2 aromatic rings. The molecule has 140 valence electrons. The van der Waals surface area contributed by atoms with Gasteiger partial charge in [-0.2, -0.15) is 5.26 Å². The minimum absolute atomic E-state index is 0.0572. The van der Waals surface area contributed by atoms with Gasteiger partial charge in [0.05, 0.1) is 16.1 Å². The van der Waals surface area contributed by atoms with Crippen LogP contribution in [-0.2, 0) is 0 Å². The van der Waals surface area contributed by atoms with E-state index in [1.807, 2.05) is 31.2 Å². The first-order chi connectivity index (χ1) is 13.0. The number of amides is 1. The van der Waals surface area contributed by atoms with Gasteiger partial charge in [0.15, 0.2) is 0 Å². The Morgan fingerprint density at radius 2 is 2.00 bits per heavy atom. The average molecular weight is 383 g/mol. The quantitative estimate of drug-likeness (QED) is 0.864. The molecule has 3 rings (SSSR count). The fraction of sp³-hybridized carbons (Fsp3) is 0.381. The van der Waals surface area contributed by atoms with Crippen molar-refractivity contribution in [2.24, 2.45) is 0 Å². The second-order valence-electron chi connectivity index (χ2n) is 7.05. The zero-order valence-electron chi connectivity index (χ0n) is 15.6. The largest absolute Gasteiger partial charge is 0.372 e. The molecule has 1 heterocycles. The first kappa shape index (κ1) is 19.2. The van der Waals surface area contributed by atoms with E-state index in [0.29, 0.717) is 22.2 Å². The van der Waals surface area contributed by atoms with Crippen molar-refractivity contribution >= 4 is 23.2 Å². The third-order valence-electron chi connectivity index (χ3n) is 5.23. The summed E-state index contributed by atoms with van der Waals surface area (Å²) in [6.45, 7) is 1.90. The third-order valence-corrected chi connectivity index (χ3v) is 5.55. The van der Waals surface area contributed by atoms with Crippen LogP contribution >= 0.6 is 11.6 Å². The Hall–Kier alpha value is -2.58. The highest BCUT2D eigenvalue weighted by Crippen LogP contribution is 2.29. The first-order valence-corrected chi connectivity index (χ1v) is 9.51. The number of nitrogens with one attached hydrogen (secondary N) is 1. The molecular weight excluding hydrogens is 360 g/mol. The van der Waals surface area contributed by atoms with Crippen LogP contribution in [-0.4, -0.2) is 30.0 Å². The maximum absolute atomic E-state index is 12.4. The van der Waals surface area contributed by atoms with E-state index in [-0.39, 0.29) is 11.9 Å². The van der Waals surface area contributed by atoms with Crippen molar-refractivity contribution in [1.29, 1.82) is 5.26 Å². The lowest BCUT2D eigenvalue weighted by Crippen LogP contribution is -2.43. The molecule has 0 spiro atoms. The van der Waals surface area contributed by atoms with Gasteiger partial charge in [-0.1, -0.05) is 11.6 Å². The fourth-order valence-corrected chi connectivity index (χ4v) is 3.72. The molecule has 0 aliphatic heterocycles. The smallest absolute Gasteiger partial charge is 0.253 e. The minimum atomic E-state index is -0.0572. The lowest BCUT2D eigenvalue weighted by atomic mass is 9.90. The van der Waals surface area contributed by atoms with Crippen LogP contribution in [0.1, 0.15) is 47.3 Å². The first-order valence-electron chi connectivity index (χ1n) is 9.14. The highest BCUT2D eigenvalue weighted by Gasteiger charge is 2.25. The number of pyridine rings is 1. The Morgan fingerprint density at radius 1 is 1.26 bits per heavy atom. The van der Waals surface area contributed by atoms with Gasteiger partial charge in [-0.05, 0) is 62.9 Å². The van der Waals surface area contributed by atoms with E-state index in [9.17, 15) is 4.79 Å². The molecule has 0 radical (unpaired) electrons. The van der Waals surface area contributed by atoms with Gasteiger partial charge in [0.25, 0.3) is 5.91 Å². The Kier molecular flexibility index (Phi) is 5.98. The van der Waals surface area contributed by atoms with E-state index in [4.69, 9.17) is 16.9 Å². The number of carbonyl (C=O) groups is 1. The summed E-state index contributed by atoms with van der Waals surface area (Å²) in [5.41, 5.74) is 3.01. The molecule has 0 atom stereocenters.